The highest BCUT2D eigenvalue weighted by molar-refractivity contribution is 6.01. The fourth-order valence-corrected chi connectivity index (χ4v) is 16.8. The van der Waals surface area contributed by atoms with Crippen molar-refractivity contribution >= 4 is 35.6 Å². The maximum Gasteiger partial charge on any atom is 0.338 e. The molecule has 16 heteroatoms. The molecule has 16 nitrogen and oxygen atoms in total. The number of aliphatic hydroxyl groups is 2. The first kappa shape index (κ1) is 94.8. The molecule has 0 saturated carbocycles. The number of Topliss-reactive ketones (excluding diaryl/α,β-unsaturated/α-hetero) is 1. The van der Waals surface area contributed by atoms with Crippen LogP contribution in [0.25, 0.3) is 72.3 Å². The van der Waals surface area contributed by atoms with E-state index in [9.17, 15) is 39.3 Å². The Bertz CT molecular complexity index is 6070. The number of aryl methyl sites for hydroxylation is 6. The minimum Gasteiger partial charge on any atom is -0.508 e. The second-order valence-corrected chi connectivity index (χ2v) is 32.7. The molecule has 0 spiro atoms. The van der Waals surface area contributed by atoms with Crippen LogP contribution in [0, 0.1) is 12.8 Å². The SMILES string of the molecule is C=C(C)C(=O)O.C=C(C)C(=O)OCC1CCc2cc(-c3ccc(OC(=O)C(=C)C)cc3)ccc21.CO/C=C1\CCc2cc(-c3ccc(OC)cc3)ccc21.COc1ccc(-c2ccc3c(c2)CCC3=O)cc1.COc1ccc(-c2ccc3c(c2)CCC3C=O)cc1.COc1ccc(-c2ccc3c(c2)CCC3CO)cc1.OCC1CCc2cc(-c3ccc(O)cc3)ccc21.[2H]C#C. The molecule has 0 fully saturated rings. The van der Waals surface area contributed by atoms with Crippen LogP contribution in [-0.4, -0.2) is 106 Å². The smallest absolute Gasteiger partial charge is 0.338 e. The highest BCUT2D eigenvalue weighted by Crippen LogP contribution is 2.42. The Kier molecular flexibility index (Phi) is 34.2. The van der Waals surface area contributed by atoms with Crippen LogP contribution in [0.2, 0.25) is 0 Å². The second kappa shape index (κ2) is 46.9. The summed E-state index contributed by atoms with van der Waals surface area (Å²) in [4.78, 5) is 55.4. The number of hydrogen-bond acceptors (Lipinski definition) is 15. The van der Waals surface area contributed by atoms with Crippen LogP contribution in [0.3, 0.4) is 0 Å². The van der Waals surface area contributed by atoms with E-state index in [1.807, 2.05) is 103 Å². The number of aldehydes is 1. The van der Waals surface area contributed by atoms with Crippen LogP contribution in [0.5, 0.6) is 34.5 Å². The monoisotopic (exact) mass is 1740 g/mol. The van der Waals surface area contributed by atoms with E-state index in [2.05, 4.69) is 160 Å². The molecule has 0 aliphatic heterocycles. The number of ketones is 1. The van der Waals surface area contributed by atoms with Crippen LogP contribution < -0.4 is 23.7 Å². The molecule has 18 rings (SSSR count). The number of methoxy groups -OCH3 is 5. The molecule has 0 heterocycles. The van der Waals surface area contributed by atoms with Gasteiger partial charge < -0.3 is 58.4 Å². The minimum absolute atomic E-state index is 0.0971. The van der Waals surface area contributed by atoms with Gasteiger partial charge in [-0.05, 0) is 298 Å². The second-order valence-electron chi connectivity index (χ2n) is 32.7. The summed E-state index contributed by atoms with van der Waals surface area (Å²) < 4.78 is 42.1. The zero-order chi connectivity index (χ0) is 93.6. The molecule has 6 aliphatic rings. The van der Waals surface area contributed by atoms with E-state index in [1.165, 1.54) is 119 Å². The molecular weight excluding hydrogens is 1630 g/mol. The van der Waals surface area contributed by atoms with Gasteiger partial charge in [-0.15, -0.1) is 12.8 Å². The molecular formula is C114H114O16. The molecule has 0 saturated heterocycles. The molecule has 4 atom stereocenters. The quantitative estimate of drug-likeness (QED) is 0.0139. The van der Waals surface area contributed by atoms with Crippen molar-refractivity contribution in [2.75, 3.05) is 55.4 Å². The first-order valence-electron chi connectivity index (χ1n) is 44.0. The number of esters is 2. The van der Waals surface area contributed by atoms with Crippen molar-refractivity contribution in [2.45, 2.75) is 121 Å². The van der Waals surface area contributed by atoms with E-state index in [1.54, 1.807) is 73.7 Å². The van der Waals surface area contributed by atoms with Crippen molar-refractivity contribution in [3.63, 3.8) is 0 Å². The van der Waals surface area contributed by atoms with Crippen molar-refractivity contribution in [1.29, 1.82) is 0 Å². The van der Waals surface area contributed by atoms with Gasteiger partial charge in [-0.25, -0.2) is 14.4 Å². The van der Waals surface area contributed by atoms with Gasteiger partial charge in [0.1, 0.15) is 42.2 Å². The predicted octanol–water partition coefficient (Wildman–Crippen LogP) is 23.7. The molecule has 666 valence electrons. The number of fused-ring (bicyclic) bond motifs is 6. The molecule has 0 radical (unpaired) electrons. The van der Waals surface area contributed by atoms with Gasteiger partial charge in [0.05, 0.1) is 48.4 Å². The van der Waals surface area contributed by atoms with Crippen molar-refractivity contribution in [2.24, 2.45) is 0 Å². The van der Waals surface area contributed by atoms with E-state index in [-0.39, 0.29) is 42.4 Å². The lowest BCUT2D eigenvalue weighted by Gasteiger charge is -2.13. The number of terminal acetylenes is 1. The number of rotatable bonds is 20. The van der Waals surface area contributed by atoms with Crippen LogP contribution in [0.15, 0.2) is 298 Å². The van der Waals surface area contributed by atoms with Gasteiger partial charge in [-0.2, -0.15) is 0 Å². The number of carbonyl (C=O) groups excluding carboxylic acids is 4. The first-order valence-corrected chi connectivity index (χ1v) is 43.5. The maximum absolute atomic E-state index is 11.6. The number of carboxylic acid groups (broad SMARTS) is 1. The third-order valence-corrected chi connectivity index (χ3v) is 24.1. The van der Waals surface area contributed by atoms with Gasteiger partial charge in [-0.3, -0.25) is 4.79 Å². The molecule has 6 aliphatic carbocycles. The summed E-state index contributed by atoms with van der Waals surface area (Å²) in [5.41, 5.74) is 31.5. The van der Waals surface area contributed by atoms with E-state index >= 15 is 0 Å². The fraction of sp³-hybridized carbons (Fsp3) is 0.237. The Balaban J connectivity index is 0.000000150. The number of hydrogen-bond donors (Lipinski definition) is 4. The highest BCUT2D eigenvalue weighted by atomic mass is 16.5. The fourth-order valence-electron chi connectivity index (χ4n) is 16.8. The number of carboxylic acids is 1. The Morgan fingerprint density at radius 2 is 0.700 bits per heavy atom. The van der Waals surface area contributed by atoms with Gasteiger partial charge >= 0.3 is 17.9 Å². The van der Waals surface area contributed by atoms with Crippen LogP contribution >= 0.6 is 0 Å². The maximum atomic E-state index is 11.6. The van der Waals surface area contributed by atoms with Crippen molar-refractivity contribution in [1.82, 2.24) is 0 Å². The number of benzene rings is 12. The van der Waals surface area contributed by atoms with Crippen LogP contribution in [0.4, 0.5) is 0 Å². The lowest BCUT2D eigenvalue weighted by Crippen LogP contribution is -2.11. The summed E-state index contributed by atoms with van der Waals surface area (Å²) >= 11 is 0. The van der Waals surface area contributed by atoms with E-state index in [4.69, 9.17) is 39.6 Å². The van der Waals surface area contributed by atoms with Gasteiger partial charge in [0, 0.05) is 65.6 Å². The first-order chi connectivity index (χ1) is 63.4. The number of carbonyl (C=O) groups is 5. The lowest BCUT2D eigenvalue weighted by molar-refractivity contribution is -0.139. The Morgan fingerprint density at radius 1 is 0.392 bits per heavy atom. The van der Waals surface area contributed by atoms with Crippen LogP contribution in [0.1, 0.15) is 156 Å². The number of allylic oxidation sites excluding steroid dienone is 1. The summed E-state index contributed by atoms with van der Waals surface area (Å²) in [5, 5.41) is 35.8. The molecule has 12 aromatic carbocycles. The number of phenolic OH excluding ortho intramolecular Hbond substituents is 1. The molecule has 12 aromatic rings. The summed E-state index contributed by atoms with van der Waals surface area (Å²) in [6.07, 6.45) is 20.5. The molecule has 4 unspecified atom stereocenters. The van der Waals surface area contributed by atoms with Gasteiger partial charge in [-0.1, -0.05) is 202 Å². The van der Waals surface area contributed by atoms with Gasteiger partial charge in [0.2, 0.25) is 0 Å². The number of ether oxygens (including phenoxy) is 7. The third kappa shape index (κ3) is 25.1. The Morgan fingerprint density at radius 3 is 1.06 bits per heavy atom. The predicted molar refractivity (Wildman–Crippen MR) is 518 cm³/mol. The topological polar surface area (TPSA) is 231 Å². The van der Waals surface area contributed by atoms with E-state index < -0.39 is 11.9 Å². The van der Waals surface area contributed by atoms with Gasteiger partial charge in [0.25, 0.3) is 0 Å². The summed E-state index contributed by atoms with van der Waals surface area (Å²) in [5.74, 6) is 3.83. The van der Waals surface area contributed by atoms with Crippen LogP contribution in [-0.2, 0) is 67.2 Å². The number of aliphatic carboxylic acids is 1. The largest absolute Gasteiger partial charge is 0.508 e. The zero-order valence-electron chi connectivity index (χ0n) is 76.2. The van der Waals surface area contributed by atoms with Crippen molar-refractivity contribution in [3.05, 3.63) is 364 Å². The summed E-state index contributed by atoms with van der Waals surface area (Å²) in [6, 6.07) is 85.6. The standard InChI is InChI=1S/C24H24O4.C18H18O2.C17H18O2.C17H16O2.C16H14O2.C16H16O2.C4H6O2.C2H2/c1-15(2)23(25)27-14-20-6-5-19-13-18(9-12-22(19)20)17-7-10-21(11-8-17)28-24(26)16(3)4;1-19-12-16-4-3-15-11-14(7-10-18(15)16)13-5-8-17(20-2)9-6-13;2*1-19-16-7-4-12(5-8-16)13-6-9-17-14(10-13)2-3-15(17)11-18;1-18-14-6-2-11(3-7-14)12-4-8-15-13(10-12)5-9-16(15)17;17-10-14-2-1-13-9-12(5-8-16(13)14)11-3-6-15(18)7-4-11;1-3(2)4(5)6;1-2/h7-13,20H,1,3,5-6,14H2,2,4H3;5-12H,3-4H2,1-2H3;4-10,15,18H,2-3,11H2,1H3;4-11,15H,2-3H2,1H3;2-4,6-8,10H,5,9H2,1H3;3-9,14,17-18H,1-2,10H2;1H2,2H3,(H,5,6);1-2H/b;16-12+;;;;;;/i;;;;;;;1D. The number of aromatic hydroxyl groups is 1. The zero-order valence-corrected chi connectivity index (χ0v) is 75.2. The van der Waals surface area contributed by atoms with Crippen molar-refractivity contribution < 1.29 is 78.9 Å². The molecule has 0 amide bonds. The normalized spacial score (nSPS) is 15.3. The van der Waals surface area contributed by atoms with Crippen molar-refractivity contribution in [3.8, 4) is 114 Å². The molecule has 0 bridgehead atoms. The lowest BCUT2D eigenvalue weighted by atomic mass is 9.97. The Labute approximate surface area is 765 Å². The minimum atomic E-state index is -0.935. The molecule has 130 heavy (non-hydrogen) atoms. The van der Waals surface area contributed by atoms with Gasteiger partial charge in [0.15, 0.2) is 5.78 Å². The highest BCUT2D eigenvalue weighted by Gasteiger charge is 2.28. The number of phenols is 1. The van der Waals surface area contributed by atoms with E-state index in [0.29, 0.717) is 47.5 Å². The summed E-state index contributed by atoms with van der Waals surface area (Å²) in [7, 11) is 8.41. The average Bonchev–Trinajstić information content (AvgIpc) is 1.69. The summed E-state index contributed by atoms with van der Waals surface area (Å²) in [6.45, 7) is 16.0. The average molecular weight is 1740 g/mol. The van der Waals surface area contributed by atoms with E-state index in [0.717, 1.165) is 133 Å². The number of aliphatic hydroxyl groups excluding tert-OH is 2. The molecule has 0 aromatic heterocycles. The molecule has 4 N–H and O–H groups in total. The third-order valence-electron chi connectivity index (χ3n) is 24.1. The Hall–Kier alpha value is -14.4.